The first-order valence-corrected chi connectivity index (χ1v) is 3.84. The molecule has 3 heteroatoms. The summed E-state index contributed by atoms with van der Waals surface area (Å²) in [6, 6.07) is 4.29. The molecule has 68 valence electrons. The van der Waals surface area contributed by atoms with E-state index >= 15 is 0 Å². The van der Waals surface area contributed by atoms with Crippen molar-refractivity contribution in [1.29, 1.82) is 0 Å². The molecule has 1 aromatic carbocycles. The Bertz CT molecular complexity index is 363. The number of hydrogen-bond donors (Lipinski definition) is 2. The second kappa shape index (κ2) is 3.92. The summed E-state index contributed by atoms with van der Waals surface area (Å²) in [6.07, 6.45) is -0.708. The fourth-order valence-electron chi connectivity index (χ4n) is 0.793. The molecular weight excluding hydrogens is 169 g/mol. The molecule has 0 saturated heterocycles. The van der Waals surface area contributed by atoms with Crippen molar-refractivity contribution in [3.05, 3.63) is 29.6 Å². The van der Waals surface area contributed by atoms with E-state index in [1.807, 2.05) is 0 Å². The highest BCUT2D eigenvalue weighted by atomic mass is 19.1. The number of rotatable bonds is 0. The molecule has 0 radical (unpaired) electrons. The monoisotopic (exact) mass is 179 g/mol. The second-order valence-corrected chi connectivity index (χ2v) is 2.68. The lowest BCUT2D eigenvalue weighted by Gasteiger charge is -1.95. The van der Waals surface area contributed by atoms with Crippen LogP contribution in [0.2, 0.25) is 0 Å². The van der Waals surface area contributed by atoms with E-state index in [2.05, 4.69) is 11.8 Å². The predicted octanol–water partition coefficient (Wildman–Crippen LogP) is 1.14. The molecule has 1 rings (SSSR count). The minimum absolute atomic E-state index is 0.0996. The number of nitrogens with two attached hydrogens (primary N) is 1. The third kappa shape index (κ3) is 2.77. The molecule has 0 aliphatic carbocycles. The van der Waals surface area contributed by atoms with E-state index < -0.39 is 11.9 Å². The summed E-state index contributed by atoms with van der Waals surface area (Å²) >= 11 is 0. The largest absolute Gasteiger partial charge is 0.396 e. The fourth-order valence-corrected chi connectivity index (χ4v) is 0.793. The Morgan fingerprint density at radius 2 is 2.23 bits per heavy atom. The van der Waals surface area contributed by atoms with Crippen LogP contribution in [0.15, 0.2) is 18.2 Å². The van der Waals surface area contributed by atoms with Gasteiger partial charge in [0.05, 0.1) is 5.69 Å². The molecule has 1 atom stereocenters. The smallest absolute Gasteiger partial charge is 0.147 e. The zero-order valence-corrected chi connectivity index (χ0v) is 7.21. The van der Waals surface area contributed by atoms with Crippen molar-refractivity contribution in [2.45, 2.75) is 13.0 Å². The van der Waals surface area contributed by atoms with E-state index in [1.54, 1.807) is 13.0 Å². The normalized spacial score (nSPS) is 11.6. The van der Waals surface area contributed by atoms with Crippen LogP contribution in [0.1, 0.15) is 12.5 Å². The lowest BCUT2D eigenvalue weighted by molar-refractivity contribution is 0.253. The molecule has 0 aliphatic rings. The van der Waals surface area contributed by atoms with E-state index in [4.69, 9.17) is 10.8 Å². The lowest BCUT2D eigenvalue weighted by Crippen LogP contribution is -1.94. The molecule has 0 heterocycles. The number of benzene rings is 1. The summed E-state index contributed by atoms with van der Waals surface area (Å²) in [5.41, 5.74) is 5.88. The summed E-state index contributed by atoms with van der Waals surface area (Å²) in [5.74, 6) is 4.63. The van der Waals surface area contributed by atoms with Crippen LogP contribution in [-0.4, -0.2) is 11.2 Å². The average Bonchev–Trinajstić information content (AvgIpc) is 2.07. The fraction of sp³-hybridized carbons (Fsp3) is 0.200. The van der Waals surface area contributed by atoms with Crippen LogP contribution in [-0.2, 0) is 0 Å². The predicted molar refractivity (Wildman–Crippen MR) is 49.4 cm³/mol. The minimum atomic E-state index is -0.708. The van der Waals surface area contributed by atoms with Crippen LogP contribution in [0.3, 0.4) is 0 Å². The van der Waals surface area contributed by atoms with E-state index in [9.17, 15) is 4.39 Å². The van der Waals surface area contributed by atoms with Crippen molar-refractivity contribution in [3.63, 3.8) is 0 Å². The van der Waals surface area contributed by atoms with Crippen molar-refractivity contribution >= 4 is 5.69 Å². The molecule has 13 heavy (non-hydrogen) atoms. The van der Waals surface area contributed by atoms with E-state index in [1.165, 1.54) is 12.1 Å². The van der Waals surface area contributed by atoms with Gasteiger partial charge in [0.1, 0.15) is 11.9 Å². The molecule has 0 amide bonds. The van der Waals surface area contributed by atoms with Crippen molar-refractivity contribution in [2.24, 2.45) is 0 Å². The van der Waals surface area contributed by atoms with Gasteiger partial charge in [-0.3, -0.25) is 0 Å². The van der Waals surface area contributed by atoms with Gasteiger partial charge < -0.3 is 10.8 Å². The Labute approximate surface area is 76.2 Å². The SMILES string of the molecule is CC(O)C#Cc1ccc(N)c(F)c1. The molecule has 0 aliphatic heterocycles. The summed E-state index contributed by atoms with van der Waals surface area (Å²) in [4.78, 5) is 0. The van der Waals surface area contributed by atoms with Gasteiger partial charge in [-0.1, -0.05) is 11.8 Å². The zero-order chi connectivity index (χ0) is 9.84. The molecule has 0 fully saturated rings. The van der Waals surface area contributed by atoms with Crippen LogP contribution < -0.4 is 5.73 Å². The van der Waals surface area contributed by atoms with Crippen molar-refractivity contribution < 1.29 is 9.50 Å². The number of halogens is 1. The highest BCUT2D eigenvalue weighted by Gasteiger charge is 1.97. The quantitative estimate of drug-likeness (QED) is 0.463. The Kier molecular flexibility index (Phi) is 2.88. The average molecular weight is 179 g/mol. The number of aliphatic hydroxyl groups is 1. The highest BCUT2D eigenvalue weighted by molar-refractivity contribution is 5.46. The third-order valence-corrected chi connectivity index (χ3v) is 1.43. The van der Waals surface area contributed by atoms with Gasteiger partial charge in [-0.05, 0) is 25.1 Å². The molecule has 0 bridgehead atoms. The first-order chi connectivity index (χ1) is 6.09. The Morgan fingerprint density at radius 1 is 1.54 bits per heavy atom. The van der Waals surface area contributed by atoms with E-state index in [0.29, 0.717) is 5.56 Å². The van der Waals surface area contributed by atoms with Gasteiger partial charge >= 0.3 is 0 Å². The third-order valence-electron chi connectivity index (χ3n) is 1.43. The molecule has 3 N–H and O–H groups in total. The molecule has 0 spiro atoms. The van der Waals surface area contributed by atoms with Gasteiger partial charge in [0, 0.05) is 5.56 Å². The molecule has 1 unspecified atom stereocenters. The Balaban J connectivity index is 2.94. The first kappa shape index (κ1) is 9.56. The summed E-state index contributed by atoms with van der Waals surface area (Å²) in [7, 11) is 0. The van der Waals surface area contributed by atoms with Crippen molar-refractivity contribution in [2.75, 3.05) is 5.73 Å². The van der Waals surface area contributed by atoms with Gasteiger partial charge in [0.25, 0.3) is 0 Å². The first-order valence-electron chi connectivity index (χ1n) is 3.84. The van der Waals surface area contributed by atoms with Gasteiger partial charge in [-0.25, -0.2) is 4.39 Å². The molecular formula is C10H10FNO. The maximum absolute atomic E-state index is 12.8. The summed E-state index contributed by atoms with van der Waals surface area (Å²) < 4.78 is 12.8. The van der Waals surface area contributed by atoms with Crippen molar-refractivity contribution in [1.82, 2.24) is 0 Å². The molecule has 2 nitrogen and oxygen atoms in total. The van der Waals surface area contributed by atoms with Crippen LogP contribution in [0, 0.1) is 17.7 Å². The van der Waals surface area contributed by atoms with Crippen LogP contribution in [0.25, 0.3) is 0 Å². The van der Waals surface area contributed by atoms with Gasteiger partial charge in [0.2, 0.25) is 0 Å². The topological polar surface area (TPSA) is 46.2 Å². The summed E-state index contributed by atoms with van der Waals surface area (Å²) in [6.45, 7) is 1.54. The maximum atomic E-state index is 12.8. The molecule has 1 aromatic rings. The van der Waals surface area contributed by atoms with Gasteiger partial charge in [-0.15, -0.1) is 0 Å². The van der Waals surface area contributed by atoms with Crippen LogP contribution >= 0.6 is 0 Å². The Hall–Kier alpha value is -1.53. The minimum Gasteiger partial charge on any atom is -0.396 e. The second-order valence-electron chi connectivity index (χ2n) is 2.68. The zero-order valence-electron chi connectivity index (χ0n) is 7.21. The molecule has 0 saturated carbocycles. The van der Waals surface area contributed by atoms with Gasteiger partial charge in [0.15, 0.2) is 0 Å². The Morgan fingerprint density at radius 3 is 2.77 bits per heavy atom. The standard InChI is InChI=1S/C10H10FNO/c1-7(13)2-3-8-4-5-10(12)9(11)6-8/h4-7,13H,12H2,1H3. The lowest BCUT2D eigenvalue weighted by atomic mass is 10.2. The number of aliphatic hydroxyl groups excluding tert-OH is 1. The van der Waals surface area contributed by atoms with E-state index in [-0.39, 0.29) is 5.69 Å². The number of hydrogen-bond acceptors (Lipinski definition) is 2. The van der Waals surface area contributed by atoms with Crippen LogP contribution in [0.5, 0.6) is 0 Å². The van der Waals surface area contributed by atoms with Crippen LogP contribution in [0.4, 0.5) is 10.1 Å². The number of nitrogen functional groups attached to an aromatic ring is 1. The summed E-state index contributed by atoms with van der Waals surface area (Å²) in [5, 5.41) is 8.85. The van der Waals surface area contributed by atoms with Crippen molar-refractivity contribution in [3.8, 4) is 11.8 Å². The number of anilines is 1. The molecule has 0 aromatic heterocycles. The highest BCUT2D eigenvalue weighted by Crippen LogP contribution is 2.10. The maximum Gasteiger partial charge on any atom is 0.147 e. The van der Waals surface area contributed by atoms with E-state index in [0.717, 1.165) is 0 Å². The van der Waals surface area contributed by atoms with Gasteiger partial charge in [-0.2, -0.15) is 0 Å².